The molecule has 24 heavy (non-hydrogen) atoms. The van der Waals surface area contributed by atoms with Gasteiger partial charge in [0.15, 0.2) is 6.61 Å². The summed E-state index contributed by atoms with van der Waals surface area (Å²) in [5, 5.41) is 2.79. The fraction of sp³-hybridized carbons (Fsp3) is 0.222. The number of carbonyl (C=O) groups is 2. The Balaban J connectivity index is 1.94. The van der Waals surface area contributed by atoms with E-state index in [1.807, 2.05) is 50.2 Å². The first-order chi connectivity index (χ1) is 11.5. The largest absolute Gasteiger partial charge is 0.484 e. The molecular formula is C18H20N2O3S. The number of aryl methyl sites for hydroxylation is 2. The Labute approximate surface area is 145 Å². The van der Waals surface area contributed by atoms with Gasteiger partial charge in [-0.05, 0) is 49.2 Å². The molecule has 0 heterocycles. The molecule has 0 atom stereocenters. The van der Waals surface area contributed by atoms with Crippen LogP contribution in [-0.2, 0) is 9.59 Å². The molecule has 126 valence electrons. The van der Waals surface area contributed by atoms with Crippen molar-refractivity contribution < 1.29 is 14.3 Å². The van der Waals surface area contributed by atoms with E-state index in [4.69, 9.17) is 10.5 Å². The van der Waals surface area contributed by atoms with Crippen LogP contribution in [0.25, 0.3) is 0 Å². The smallest absolute Gasteiger partial charge is 0.262 e. The standard InChI is InChI=1S/C18H20N2O3S/c1-12-7-8-14(9-13(12)2)23-10-18(22)20-15-5-3-4-6-16(15)24-11-17(19)21/h3-9H,10-11H2,1-2H3,(H2,19,21)(H,20,22). The Morgan fingerprint density at radius 1 is 1.12 bits per heavy atom. The molecule has 2 amide bonds. The zero-order valence-corrected chi connectivity index (χ0v) is 14.5. The van der Waals surface area contributed by atoms with Gasteiger partial charge >= 0.3 is 0 Å². The predicted octanol–water partition coefficient (Wildman–Crippen LogP) is 2.90. The van der Waals surface area contributed by atoms with Crippen molar-refractivity contribution in [3.8, 4) is 5.75 Å². The van der Waals surface area contributed by atoms with E-state index < -0.39 is 5.91 Å². The van der Waals surface area contributed by atoms with Crippen LogP contribution in [0.15, 0.2) is 47.4 Å². The second-order valence-corrected chi connectivity index (χ2v) is 6.35. The predicted molar refractivity (Wildman–Crippen MR) is 96.4 cm³/mol. The first kappa shape index (κ1) is 17.9. The van der Waals surface area contributed by atoms with Crippen molar-refractivity contribution in [2.24, 2.45) is 5.73 Å². The van der Waals surface area contributed by atoms with E-state index in [-0.39, 0.29) is 18.3 Å². The van der Waals surface area contributed by atoms with Crippen molar-refractivity contribution in [2.45, 2.75) is 18.7 Å². The lowest BCUT2D eigenvalue weighted by Gasteiger charge is -2.11. The van der Waals surface area contributed by atoms with Crippen LogP contribution in [0.4, 0.5) is 5.69 Å². The third-order valence-corrected chi connectivity index (χ3v) is 4.48. The molecule has 0 unspecified atom stereocenters. The number of thioether (sulfide) groups is 1. The number of hydrogen-bond acceptors (Lipinski definition) is 4. The number of benzene rings is 2. The van der Waals surface area contributed by atoms with E-state index in [0.717, 1.165) is 10.5 Å². The maximum Gasteiger partial charge on any atom is 0.262 e. The number of primary amides is 1. The van der Waals surface area contributed by atoms with Crippen molar-refractivity contribution >= 4 is 29.3 Å². The van der Waals surface area contributed by atoms with Crippen LogP contribution in [0, 0.1) is 13.8 Å². The molecule has 0 saturated carbocycles. The zero-order chi connectivity index (χ0) is 17.5. The molecule has 0 spiro atoms. The minimum absolute atomic E-state index is 0.0860. The number of rotatable bonds is 7. The lowest BCUT2D eigenvalue weighted by Crippen LogP contribution is -2.20. The maximum absolute atomic E-state index is 12.1. The summed E-state index contributed by atoms with van der Waals surface area (Å²) in [6, 6.07) is 13.0. The first-order valence-electron chi connectivity index (χ1n) is 7.46. The van der Waals surface area contributed by atoms with Crippen molar-refractivity contribution in [1.29, 1.82) is 0 Å². The highest BCUT2D eigenvalue weighted by atomic mass is 32.2. The number of amides is 2. The molecule has 0 aliphatic carbocycles. The third kappa shape index (κ3) is 5.31. The fourth-order valence-corrected chi connectivity index (χ4v) is 2.73. The van der Waals surface area contributed by atoms with Gasteiger partial charge in [0.25, 0.3) is 5.91 Å². The molecule has 0 radical (unpaired) electrons. The molecule has 6 heteroatoms. The topological polar surface area (TPSA) is 81.4 Å². The molecule has 3 N–H and O–H groups in total. The first-order valence-corrected chi connectivity index (χ1v) is 8.44. The number of ether oxygens (including phenoxy) is 1. The molecular weight excluding hydrogens is 324 g/mol. The summed E-state index contributed by atoms with van der Waals surface area (Å²) in [6.07, 6.45) is 0. The van der Waals surface area contributed by atoms with Crippen LogP contribution in [0.5, 0.6) is 5.75 Å². The molecule has 0 bridgehead atoms. The van der Waals surface area contributed by atoms with Gasteiger partial charge in [-0.15, -0.1) is 11.8 Å². The second-order valence-electron chi connectivity index (χ2n) is 5.33. The van der Waals surface area contributed by atoms with Gasteiger partial charge in [0.2, 0.25) is 5.91 Å². The van der Waals surface area contributed by atoms with E-state index in [9.17, 15) is 9.59 Å². The number of para-hydroxylation sites is 1. The number of nitrogens with one attached hydrogen (secondary N) is 1. The Bertz CT molecular complexity index is 747. The molecule has 2 aromatic carbocycles. The van der Waals surface area contributed by atoms with Crippen LogP contribution in [0.3, 0.4) is 0 Å². The Kier molecular flexibility index (Phi) is 6.26. The summed E-state index contributed by atoms with van der Waals surface area (Å²) in [5.74, 6) is 0.149. The van der Waals surface area contributed by atoms with Crippen LogP contribution < -0.4 is 15.8 Å². The SMILES string of the molecule is Cc1ccc(OCC(=O)Nc2ccccc2SCC(N)=O)cc1C. The number of carbonyl (C=O) groups excluding carboxylic acids is 2. The van der Waals surface area contributed by atoms with Gasteiger partial charge in [-0.2, -0.15) is 0 Å². The lowest BCUT2D eigenvalue weighted by molar-refractivity contribution is -0.118. The quantitative estimate of drug-likeness (QED) is 0.757. The summed E-state index contributed by atoms with van der Waals surface area (Å²) >= 11 is 1.29. The molecule has 0 aliphatic heterocycles. The Morgan fingerprint density at radius 3 is 2.58 bits per heavy atom. The van der Waals surface area contributed by atoms with Gasteiger partial charge in [-0.25, -0.2) is 0 Å². The third-order valence-electron chi connectivity index (χ3n) is 3.38. The minimum atomic E-state index is -0.404. The highest BCUT2D eigenvalue weighted by Gasteiger charge is 2.09. The molecule has 0 aliphatic rings. The van der Waals surface area contributed by atoms with Gasteiger partial charge in [-0.1, -0.05) is 18.2 Å². The van der Waals surface area contributed by atoms with E-state index in [1.54, 1.807) is 6.07 Å². The van der Waals surface area contributed by atoms with Gasteiger partial charge in [0.1, 0.15) is 5.75 Å². The average molecular weight is 344 g/mol. The van der Waals surface area contributed by atoms with E-state index in [2.05, 4.69) is 5.32 Å². The highest BCUT2D eigenvalue weighted by molar-refractivity contribution is 8.00. The summed E-state index contributed by atoms with van der Waals surface area (Å²) < 4.78 is 5.52. The number of nitrogens with two attached hydrogens (primary N) is 1. The lowest BCUT2D eigenvalue weighted by atomic mass is 10.1. The molecule has 2 aromatic rings. The maximum atomic E-state index is 12.1. The zero-order valence-electron chi connectivity index (χ0n) is 13.7. The molecule has 0 aromatic heterocycles. The highest BCUT2D eigenvalue weighted by Crippen LogP contribution is 2.26. The van der Waals surface area contributed by atoms with E-state index in [1.165, 1.54) is 17.3 Å². The molecule has 0 fully saturated rings. The van der Waals surface area contributed by atoms with Crippen molar-refractivity contribution in [3.63, 3.8) is 0 Å². The average Bonchev–Trinajstić information content (AvgIpc) is 2.55. The summed E-state index contributed by atoms with van der Waals surface area (Å²) in [4.78, 5) is 23.8. The molecule has 5 nitrogen and oxygen atoms in total. The number of anilines is 1. The molecule has 0 saturated heterocycles. The van der Waals surface area contributed by atoms with Crippen LogP contribution in [-0.4, -0.2) is 24.2 Å². The van der Waals surface area contributed by atoms with Crippen molar-refractivity contribution in [2.75, 3.05) is 17.7 Å². The fourth-order valence-electron chi connectivity index (χ4n) is 1.98. The van der Waals surface area contributed by atoms with Crippen molar-refractivity contribution in [1.82, 2.24) is 0 Å². The summed E-state index contributed by atoms with van der Waals surface area (Å²) in [7, 11) is 0. The van der Waals surface area contributed by atoms with Crippen LogP contribution in [0.1, 0.15) is 11.1 Å². The van der Waals surface area contributed by atoms with Crippen LogP contribution >= 0.6 is 11.8 Å². The van der Waals surface area contributed by atoms with Gasteiger partial charge in [0, 0.05) is 4.90 Å². The Morgan fingerprint density at radius 2 is 1.88 bits per heavy atom. The monoisotopic (exact) mass is 344 g/mol. The minimum Gasteiger partial charge on any atom is -0.484 e. The van der Waals surface area contributed by atoms with Gasteiger partial charge in [0.05, 0.1) is 11.4 Å². The summed E-state index contributed by atoms with van der Waals surface area (Å²) in [6.45, 7) is 3.93. The van der Waals surface area contributed by atoms with E-state index >= 15 is 0 Å². The number of hydrogen-bond donors (Lipinski definition) is 2. The van der Waals surface area contributed by atoms with E-state index in [0.29, 0.717) is 11.4 Å². The molecule has 2 rings (SSSR count). The van der Waals surface area contributed by atoms with Gasteiger partial charge in [-0.3, -0.25) is 9.59 Å². The Hall–Kier alpha value is -2.47. The van der Waals surface area contributed by atoms with Crippen LogP contribution in [0.2, 0.25) is 0 Å². The second kappa shape index (κ2) is 8.40. The van der Waals surface area contributed by atoms with Gasteiger partial charge < -0.3 is 15.8 Å². The van der Waals surface area contributed by atoms with Crippen molar-refractivity contribution in [3.05, 3.63) is 53.6 Å². The summed E-state index contributed by atoms with van der Waals surface area (Å²) in [5.41, 5.74) is 8.08. The normalized spacial score (nSPS) is 10.2.